The zero-order valence-electron chi connectivity index (χ0n) is 9.48. The Labute approximate surface area is 104 Å². The fourth-order valence-corrected chi connectivity index (χ4v) is 1.27. The van der Waals surface area contributed by atoms with E-state index in [1.165, 1.54) is 0 Å². The molecular weight excluding hydrogens is 230 g/mol. The molecule has 0 saturated heterocycles. The Morgan fingerprint density at radius 3 is 2.06 bits per heavy atom. The summed E-state index contributed by atoms with van der Waals surface area (Å²) in [6, 6.07) is 15.6. The minimum Gasteiger partial charge on any atom is -0.423 e. The van der Waals surface area contributed by atoms with Crippen LogP contribution < -0.4 is 10.5 Å². The molecule has 0 aromatic heterocycles. The van der Waals surface area contributed by atoms with E-state index in [0.29, 0.717) is 17.0 Å². The van der Waals surface area contributed by atoms with Crippen molar-refractivity contribution < 1.29 is 9.53 Å². The summed E-state index contributed by atoms with van der Waals surface area (Å²) in [5, 5.41) is 12.0. The molecule has 0 unspecified atom stereocenters. The summed E-state index contributed by atoms with van der Waals surface area (Å²) in [5.74, 6) is 0.149. The molecular formula is C13H11N3O2. The quantitative estimate of drug-likeness (QED) is 0.377. The summed E-state index contributed by atoms with van der Waals surface area (Å²) >= 11 is 0. The molecule has 5 nitrogen and oxygen atoms in total. The SMILES string of the molecule is N#N.Nc1ccc(C(=O)Oc2ccccc2)cc1. The van der Waals surface area contributed by atoms with Crippen LogP contribution in [0.2, 0.25) is 0 Å². The van der Waals surface area contributed by atoms with E-state index in [2.05, 4.69) is 0 Å². The number of ether oxygens (including phenoxy) is 1. The van der Waals surface area contributed by atoms with Gasteiger partial charge >= 0.3 is 5.97 Å². The van der Waals surface area contributed by atoms with E-state index in [-0.39, 0.29) is 5.97 Å². The van der Waals surface area contributed by atoms with Crippen molar-refractivity contribution in [3.8, 4) is 5.75 Å². The number of para-hydroxylation sites is 1. The standard InChI is InChI=1S/C13H11NO2.N2/c14-11-8-6-10(7-9-11)13(15)16-12-4-2-1-3-5-12;1-2/h1-9H,14H2;. The molecule has 2 aromatic carbocycles. The van der Waals surface area contributed by atoms with Crippen LogP contribution >= 0.6 is 0 Å². The molecule has 0 bridgehead atoms. The third kappa shape index (κ3) is 3.61. The number of carbonyl (C=O) groups is 1. The largest absolute Gasteiger partial charge is 0.423 e. The number of nitrogens with two attached hydrogens (primary N) is 1. The molecule has 0 amide bonds. The van der Waals surface area contributed by atoms with Crippen molar-refractivity contribution in [2.24, 2.45) is 0 Å². The third-order valence-electron chi connectivity index (χ3n) is 2.10. The summed E-state index contributed by atoms with van der Waals surface area (Å²) in [4.78, 5) is 11.7. The number of nitrogen functional groups attached to an aromatic ring is 1. The minimum absolute atomic E-state index is 0.383. The molecule has 0 saturated carbocycles. The summed E-state index contributed by atoms with van der Waals surface area (Å²) in [7, 11) is 0. The van der Waals surface area contributed by atoms with Crippen LogP contribution in [0.4, 0.5) is 5.69 Å². The fraction of sp³-hybridized carbons (Fsp3) is 0. The number of benzene rings is 2. The normalized spacial score (nSPS) is 8.78. The number of rotatable bonds is 2. The highest BCUT2D eigenvalue weighted by Gasteiger charge is 2.07. The van der Waals surface area contributed by atoms with Crippen LogP contribution in [-0.2, 0) is 0 Å². The van der Waals surface area contributed by atoms with Gasteiger partial charge in [0.25, 0.3) is 0 Å². The van der Waals surface area contributed by atoms with Crippen LogP contribution in [-0.4, -0.2) is 5.97 Å². The van der Waals surface area contributed by atoms with Crippen molar-refractivity contribution in [2.75, 3.05) is 5.73 Å². The van der Waals surface area contributed by atoms with Gasteiger partial charge in [0.1, 0.15) is 5.75 Å². The first-order valence-corrected chi connectivity index (χ1v) is 5.08. The first-order chi connectivity index (χ1) is 8.75. The number of anilines is 1. The Balaban J connectivity index is 0.000000771. The Hall–Kier alpha value is -2.87. The fourth-order valence-electron chi connectivity index (χ4n) is 1.27. The van der Waals surface area contributed by atoms with E-state index in [9.17, 15) is 4.79 Å². The van der Waals surface area contributed by atoms with E-state index in [1.807, 2.05) is 18.2 Å². The van der Waals surface area contributed by atoms with E-state index in [0.717, 1.165) is 0 Å². The molecule has 2 aromatic rings. The number of esters is 1. The highest BCUT2D eigenvalue weighted by molar-refractivity contribution is 5.91. The van der Waals surface area contributed by atoms with Gasteiger partial charge in [-0.3, -0.25) is 0 Å². The van der Waals surface area contributed by atoms with Gasteiger partial charge in [0.05, 0.1) is 5.56 Å². The zero-order valence-corrected chi connectivity index (χ0v) is 9.48. The molecule has 0 aliphatic rings. The zero-order chi connectivity index (χ0) is 13.4. The van der Waals surface area contributed by atoms with Crippen LogP contribution in [0.15, 0.2) is 54.6 Å². The van der Waals surface area contributed by atoms with Gasteiger partial charge in [-0.05, 0) is 36.4 Å². The van der Waals surface area contributed by atoms with Gasteiger partial charge in [-0.2, -0.15) is 0 Å². The topological polar surface area (TPSA) is 99.9 Å². The monoisotopic (exact) mass is 241 g/mol. The van der Waals surface area contributed by atoms with Crippen molar-refractivity contribution in [2.45, 2.75) is 0 Å². The number of carbonyl (C=O) groups excluding carboxylic acids is 1. The maximum Gasteiger partial charge on any atom is 0.343 e. The van der Waals surface area contributed by atoms with Crippen LogP contribution in [0.5, 0.6) is 5.75 Å². The lowest BCUT2D eigenvalue weighted by molar-refractivity contribution is 0.0735. The highest BCUT2D eigenvalue weighted by Crippen LogP contribution is 2.12. The van der Waals surface area contributed by atoms with Crippen molar-refractivity contribution in [1.29, 1.82) is 10.8 Å². The van der Waals surface area contributed by atoms with Gasteiger partial charge in [0, 0.05) is 16.5 Å². The maximum atomic E-state index is 11.7. The van der Waals surface area contributed by atoms with E-state index in [1.54, 1.807) is 36.4 Å². The summed E-state index contributed by atoms with van der Waals surface area (Å²) in [5.41, 5.74) is 6.63. The van der Waals surface area contributed by atoms with E-state index >= 15 is 0 Å². The molecule has 0 aliphatic carbocycles. The molecule has 0 atom stereocenters. The first-order valence-electron chi connectivity index (χ1n) is 5.08. The molecule has 5 heteroatoms. The Morgan fingerprint density at radius 1 is 0.944 bits per heavy atom. The van der Waals surface area contributed by atoms with Gasteiger partial charge in [0.2, 0.25) is 0 Å². The molecule has 90 valence electrons. The van der Waals surface area contributed by atoms with E-state index in [4.69, 9.17) is 21.3 Å². The van der Waals surface area contributed by atoms with Crippen LogP contribution in [0.1, 0.15) is 10.4 Å². The number of nitrogens with zero attached hydrogens (tertiary/aromatic N) is 2. The minimum atomic E-state index is -0.383. The predicted octanol–water partition coefficient (Wildman–Crippen LogP) is 2.52. The number of hydrogen-bond acceptors (Lipinski definition) is 5. The van der Waals surface area contributed by atoms with Gasteiger partial charge in [0.15, 0.2) is 0 Å². The van der Waals surface area contributed by atoms with Gasteiger partial charge in [-0.15, -0.1) is 0 Å². The van der Waals surface area contributed by atoms with Crippen LogP contribution in [0.25, 0.3) is 0 Å². The average molecular weight is 241 g/mol. The molecule has 0 fully saturated rings. The van der Waals surface area contributed by atoms with Crippen LogP contribution in [0, 0.1) is 10.8 Å². The summed E-state index contributed by atoms with van der Waals surface area (Å²) in [6.07, 6.45) is 0. The van der Waals surface area contributed by atoms with Crippen molar-refractivity contribution in [3.63, 3.8) is 0 Å². The lowest BCUT2D eigenvalue weighted by Crippen LogP contribution is -2.08. The van der Waals surface area contributed by atoms with Crippen LogP contribution in [0.3, 0.4) is 0 Å². The lowest BCUT2D eigenvalue weighted by atomic mass is 10.2. The van der Waals surface area contributed by atoms with Gasteiger partial charge in [-0.1, -0.05) is 18.2 Å². The molecule has 0 spiro atoms. The first kappa shape index (κ1) is 13.2. The Kier molecular flexibility index (Phi) is 4.88. The summed E-state index contributed by atoms with van der Waals surface area (Å²) < 4.78 is 5.16. The van der Waals surface area contributed by atoms with Gasteiger partial charge in [-0.25, -0.2) is 4.79 Å². The average Bonchev–Trinajstić information content (AvgIpc) is 2.43. The van der Waals surface area contributed by atoms with Gasteiger partial charge < -0.3 is 10.5 Å². The maximum absolute atomic E-state index is 11.7. The second-order valence-electron chi connectivity index (χ2n) is 3.32. The second-order valence-corrected chi connectivity index (χ2v) is 3.32. The molecule has 0 radical (unpaired) electrons. The highest BCUT2D eigenvalue weighted by atomic mass is 16.5. The molecule has 18 heavy (non-hydrogen) atoms. The third-order valence-corrected chi connectivity index (χ3v) is 2.10. The smallest absolute Gasteiger partial charge is 0.343 e. The summed E-state index contributed by atoms with van der Waals surface area (Å²) in [6.45, 7) is 0. The molecule has 2 rings (SSSR count). The van der Waals surface area contributed by atoms with Crippen molar-refractivity contribution in [1.82, 2.24) is 0 Å². The predicted molar refractivity (Wildman–Crippen MR) is 65.7 cm³/mol. The Morgan fingerprint density at radius 2 is 1.50 bits per heavy atom. The molecule has 0 aliphatic heterocycles. The Bertz CT molecular complexity index is 521. The van der Waals surface area contributed by atoms with Crippen molar-refractivity contribution >= 4 is 11.7 Å². The second kappa shape index (κ2) is 6.66. The lowest BCUT2D eigenvalue weighted by Gasteiger charge is -2.03. The number of hydrogen-bond donors (Lipinski definition) is 1. The molecule has 0 heterocycles. The van der Waals surface area contributed by atoms with Crippen molar-refractivity contribution in [3.05, 3.63) is 60.2 Å². The van der Waals surface area contributed by atoms with E-state index < -0.39 is 0 Å². The molecule has 2 N–H and O–H groups in total.